The summed E-state index contributed by atoms with van der Waals surface area (Å²) in [6.07, 6.45) is 4.36. The van der Waals surface area contributed by atoms with Crippen molar-refractivity contribution in [2.75, 3.05) is 19.1 Å². The topological polar surface area (TPSA) is 61.0 Å². The Kier molecular flexibility index (Phi) is 5.53. The van der Waals surface area contributed by atoms with Gasteiger partial charge in [-0.05, 0) is 35.4 Å². The van der Waals surface area contributed by atoms with Crippen molar-refractivity contribution in [3.63, 3.8) is 0 Å². The number of nitrogen functional groups attached to an aromatic ring is 1. The third kappa shape index (κ3) is 3.65. The minimum absolute atomic E-state index is 0.355. The Balaban J connectivity index is 2.42. The number of aromatic nitrogens is 2. The van der Waals surface area contributed by atoms with Gasteiger partial charge >= 0.3 is 0 Å². The molecule has 2 rings (SSSR count). The predicted octanol–water partition coefficient (Wildman–Crippen LogP) is 4.16. The van der Waals surface area contributed by atoms with Crippen molar-refractivity contribution in [1.82, 2.24) is 9.97 Å². The van der Waals surface area contributed by atoms with E-state index in [0.29, 0.717) is 34.1 Å². The van der Waals surface area contributed by atoms with Gasteiger partial charge in [-0.15, -0.1) is 0 Å². The van der Waals surface area contributed by atoms with E-state index >= 15 is 0 Å². The van der Waals surface area contributed by atoms with Crippen molar-refractivity contribution < 1.29 is 4.74 Å². The second-order valence-corrected chi connectivity index (χ2v) is 6.46. The van der Waals surface area contributed by atoms with Crippen LogP contribution in [0.25, 0.3) is 0 Å². The van der Waals surface area contributed by atoms with E-state index in [1.54, 1.807) is 13.3 Å². The molecule has 2 N–H and O–H groups in total. The number of nitrogens with zero attached hydrogens (tertiary/aromatic N) is 2. The zero-order valence-corrected chi connectivity index (χ0v) is 14.8. The molecule has 0 aliphatic rings. The Morgan fingerprint density at radius 3 is 2.59 bits per heavy atom. The molecule has 0 saturated carbocycles. The van der Waals surface area contributed by atoms with Crippen molar-refractivity contribution in [2.45, 2.75) is 31.3 Å². The molecule has 0 aliphatic carbocycles. The summed E-state index contributed by atoms with van der Waals surface area (Å²) in [4.78, 5) is 8.59. The van der Waals surface area contributed by atoms with Crippen LogP contribution in [-0.2, 0) is 6.42 Å². The lowest BCUT2D eigenvalue weighted by Crippen LogP contribution is -2.04. The highest BCUT2D eigenvalue weighted by Crippen LogP contribution is 2.33. The fourth-order valence-corrected chi connectivity index (χ4v) is 2.91. The number of anilines is 1. The van der Waals surface area contributed by atoms with Crippen LogP contribution in [0.5, 0.6) is 5.75 Å². The summed E-state index contributed by atoms with van der Waals surface area (Å²) in [7, 11) is 1.62. The highest BCUT2D eigenvalue weighted by Gasteiger charge is 2.14. The summed E-state index contributed by atoms with van der Waals surface area (Å²) in [5.41, 5.74) is 9.25. The van der Waals surface area contributed by atoms with Gasteiger partial charge < -0.3 is 10.5 Å². The Morgan fingerprint density at radius 1 is 1.32 bits per heavy atom. The first kappa shape index (κ1) is 16.9. The molecule has 6 heteroatoms. The van der Waals surface area contributed by atoms with Gasteiger partial charge in [0.05, 0.1) is 12.1 Å². The summed E-state index contributed by atoms with van der Waals surface area (Å²) in [5, 5.41) is 1.28. The quantitative estimate of drug-likeness (QED) is 0.655. The fourth-order valence-electron chi connectivity index (χ4n) is 2.30. The summed E-state index contributed by atoms with van der Waals surface area (Å²) < 4.78 is 5.31. The largest absolute Gasteiger partial charge is 0.495 e. The van der Waals surface area contributed by atoms with E-state index in [-0.39, 0.29) is 0 Å². The molecule has 0 amide bonds. The van der Waals surface area contributed by atoms with E-state index in [1.165, 1.54) is 17.3 Å². The number of rotatable bonds is 5. The number of halogens is 1. The van der Waals surface area contributed by atoms with Crippen LogP contribution >= 0.6 is 23.4 Å². The molecule has 0 saturated heterocycles. The van der Waals surface area contributed by atoms with Crippen LogP contribution in [0.4, 0.5) is 5.82 Å². The van der Waals surface area contributed by atoms with Crippen LogP contribution in [0.2, 0.25) is 5.02 Å². The monoisotopic (exact) mass is 337 g/mol. The Morgan fingerprint density at radius 2 is 2.05 bits per heavy atom. The SMILES string of the molecule is COc1cc(C(C)C)c(Cc2cnc(SC)nc2N)cc1Cl. The number of thioether (sulfide) groups is 1. The van der Waals surface area contributed by atoms with Gasteiger partial charge in [0.1, 0.15) is 11.6 Å². The molecule has 4 nitrogen and oxygen atoms in total. The van der Waals surface area contributed by atoms with E-state index in [1.807, 2.05) is 18.4 Å². The van der Waals surface area contributed by atoms with Crippen molar-refractivity contribution in [3.8, 4) is 5.75 Å². The van der Waals surface area contributed by atoms with Crippen LogP contribution < -0.4 is 10.5 Å². The van der Waals surface area contributed by atoms with Crippen molar-refractivity contribution in [1.29, 1.82) is 0 Å². The third-order valence-electron chi connectivity index (χ3n) is 3.48. The Bertz CT molecular complexity index is 677. The first-order valence-corrected chi connectivity index (χ1v) is 8.58. The molecule has 118 valence electrons. The normalized spacial score (nSPS) is 11.0. The average Bonchev–Trinajstić information content (AvgIpc) is 2.49. The number of hydrogen-bond donors (Lipinski definition) is 1. The van der Waals surface area contributed by atoms with Crippen molar-refractivity contribution in [2.24, 2.45) is 0 Å². The van der Waals surface area contributed by atoms with Gasteiger partial charge in [-0.2, -0.15) is 0 Å². The number of hydrogen-bond acceptors (Lipinski definition) is 5. The van der Waals surface area contributed by atoms with E-state index in [9.17, 15) is 0 Å². The lowest BCUT2D eigenvalue weighted by Gasteiger charge is -2.16. The highest BCUT2D eigenvalue weighted by atomic mass is 35.5. The van der Waals surface area contributed by atoms with Crippen molar-refractivity contribution >= 4 is 29.2 Å². The molecule has 0 fully saturated rings. The highest BCUT2D eigenvalue weighted by molar-refractivity contribution is 7.98. The molecular formula is C16H20ClN3OS. The second-order valence-electron chi connectivity index (χ2n) is 5.28. The molecule has 2 aromatic rings. The molecule has 0 unspecified atom stereocenters. The van der Waals surface area contributed by atoms with Gasteiger partial charge in [-0.3, -0.25) is 0 Å². The van der Waals surface area contributed by atoms with Crippen LogP contribution in [0, 0.1) is 0 Å². The summed E-state index contributed by atoms with van der Waals surface area (Å²) in [6.45, 7) is 4.28. The molecule has 22 heavy (non-hydrogen) atoms. The van der Waals surface area contributed by atoms with Gasteiger partial charge in [-0.25, -0.2) is 9.97 Å². The number of nitrogens with two attached hydrogens (primary N) is 1. The zero-order chi connectivity index (χ0) is 16.3. The van der Waals surface area contributed by atoms with Crippen LogP contribution in [0.1, 0.15) is 36.5 Å². The van der Waals surface area contributed by atoms with Crippen molar-refractivity contribution in [3.05, 3.63) is 40.0 Å². The Labute approximate surface area is 140 Å². The van der Waals surface area contributed by atoms with E-state index in [0.717, 1.165) is 11.1 Å². The molecular weight excluding hydrogens is 318 g/mol. The second kappa shape index (κ2) is 7.20. The smallest absolute Gasteiger partial charge is 0.189 e. The van der Waals surface area contributed by atoms with E-state index < -0.39 is 0 Å². The molecule has 0 radical (unpaired) electrons. The first-order chi connectivity index (χ1) is 10.5. The molecule has 0 spiro atoms. The standard InChI is InChI=1S/C16H20ClN3OS/c1-9(2)12-7-14(21-3)13(17)6-10(12)5-11-8-19-16(22-4)20-15(11)18/h6-9H,5H2,1-4H3,(H2,18,19,20). The average molecular weight is 338 g/mol. The predicted molar refractivity (Wildman–Crippen MR) is 93.1 cm³/mol. The molecule has 1 aromatic heterocycles. The van der Waals surface area contributed by atoms with Gasteiger partial charge in [0.15, 0.2) is 5.16 Å². The van der Waals surface area contributed by atoms with E-state index in [2.05, 4.69) is 23.8 Å². The fraction of sp³-hybridized carbons (Fsp3) is 0.375. The maximum atomic E-state index is 6.27. The van der Waals surface area contributed by atoms with Crippen LogP contribution in [0.15, 0.2) is 23.5 Å². The lowest BCUT2D eigenvalue weighted by atomic mass is 9.93. The minimum atomic E-state index is 0.355. The zero-order valence-electron chi connectivity index (χ0n) is 13.2. The minimum Gasteiger partial charge on any atom is -0.495 e. The molecule has 1 aromatic carbocycles. The molecule has 0 bridgehead atoms. The summed E-state index contributed by atoms with van der Waals surface area (Å²) in [6, 6.07) is 3.94. The van der Waals surface area contributed by atoms with Gasteiger partial charge in [0.2, 0.25) is 0 Å². The molecule has 1 heterocycles. The first-order valence-electron chi connectivity index (χ1n) is 6.98. The lowest BCUT2D eigenvalue weighted by molar-refractivity contribution is 0.414. The van der Waals surface area contributed by atoms with Gasteiger partial charge in [0.25, 0.3) is 0 Å². The third-order valence-corrected chi connectivity index (χ3v) is 4.33. The number of benzene rings is 1. The summed E-state index contributed by atoms with van der Waals surface area (Å²) >= 11 is 7.74. The van der Waals surface area contributed by atoms with Crippen LogP contribution in [0.3, 0.4) is 0 Å². The van der Waals surface area contributed by atoms with Gasteiger partial charge in [-0.1, -0.05) is 37.2 Å². The summed E-state index contributed by atoms with van der Waals surface area (Å²) in [5.74, 6) is 1.56. The van der Waals surface area contributed by atoms with E-state index in [4.69, 9.17) is 22.1 Å². The maximum Gasteiger partial charge on any atom is 0.189 e. The van der Waals surface area contributed by atoms with Gasteiger partial charge in [0, 0.05) is 18.2 Å². The molecule has 0 aliphatic heterocycles. The maximum absolute atomic E-state index is 6.27. The van der Waals surface area contributed by atoms with Crippen LogP contribution in [-0.4, -0.2) is 23.3 Å². The Hall–Kier alpha value is -1.46. The molecule has 0 atom stereocenters. The number of ether oxygens (including phenoxy) is 1. The number of methoxy groups -OCH3 is 1.